The number of hydrazone groups is 1. The first kappa shape index (κ1) is 10.4. The van der Waals surface area contributed by atoms with Crippen molar-refractivity contribution in [2.45, 2.75) is 13.3 Å². The van der Waals surface area contributed by atoms with E-state index in [1.165, 1.54) is 5.56 Å². The fourth-order valence-corrected chi connectivity index (χ4v) is 1.22. The molecule has 0 saturated heterocycles. The maximum Gasteiger partial charge on any atom is 0.108 e. The molecule has 3 heteroatoms. The molecular formula is C11H15N3. The van der Waals surface area contributed by atoms with Gasteiger partial charge in [-0.3, -0.25) is 4.99 Å². The van der Waals surface area contributed by atoms with Crippen molar-refractivity contribution in [3.05, 3.63) is 35.4 Å². The van der Waals surface area contributed by atoms with Crippen LogP contribution >= 0.6 is 0 Å². The minimum Gasteiger partial charge on any atom is -0.323 e. The molecule has 0 unspecified atom stereocenters. The molecule has 0 heterocycles. The molecule has 0 bridgehead atoms. The van der Waals surface area contributed by atoms with Crippen LogP contribution in [0.15, 0.2) is 34.4 Å². The molecule has 3 nitrogen and oxygen atoms in total. The standard InChI is InChI=1S/C11H15N3/c1-3-9-4-6-10(7-5-9)11(14-12)8-13-2/h4-8H,3,12H2,1-2H3/b13-8?,14-11+. The van der Waals surface area contributed by atoms with Gasteiger partial charge in [0.2, 0.25) is 0 Å². The number of hydrogen-bond donors (Lipinski definition) is 1. The van der Waals surface area contributed by atoms with Gasteiger partial charge in [-0.15, -0.1) is 0 Å². The largest absolute Gasteiger partial charge is 0.323 e. The van der Waals surface area contributed by atoms with E-state index in [9.17, 15) is 0 Å². The molecule has 0 aliphatic carbocycles. The first-order valence-electron chi connectivity index (χ1n) is 4.61. The molecule has 74 valence electrons. The minimum absolute atomic E-state index is 0.704. The SMILES string of the molecule is CCc1ccc(/C(C=NC)=N/N)cc1. The fraction of sp³-hybridized carbons (Fsp3) is 0.273. The molecule has 0 aromatic heterocycles. The van der Waals surface area contributed by atoms with E-state index in [2.05, 4.69) is 29.2 Å². The Morgan fingerprint density at radius 3 is 2.43 bits per heavy atom. The van der Waals surface area contributed by atoms with Gasteiger partial charge in [-0.1, -0.05) is 31.2 Å². The van der Waals surface area contributed by atoms with Crippen LogP contribution in [0.2, 0.25) is 0 Å². The highest BCUT2D eigenvalue weighted by atomic mass is 15.1. The summed E-state index contributed by atoms with van der Waals surface area (Å²) < 4.78 is 0. The van der Waals surface area contributed by atoms with Crippen LogP contribution in [0.3, 0.4) is 0 Å². The molecule has 1 rings (SSSR count). The van der Waals surface area contributed by atoms with Crippen LogP contribution in [0.4, 0.5) is 0 Å². The second-order valence-corrected chi connectivity index (χ2v) is 2.95. The Balaban J connectivity index is 2.96. The molecule has 0 radical (unpaired) electrons. The summed E-state index contributed by atoms with van der Waals surface area (Å²) in [5, 5.41) is 3.67. The van der Waals surface area contributed by atoms with Gasteiger partial charge >= 0.3 is 0 Å². The number of rotatable bonds is 3. The van der Waals surface area contributed by atoms with Gasteiger partial charge in [0.05, 0.1) is 0 Å². The molecule has 0 atom stereocenters. The lowest BCUT2D eigenvalue weighted by Gasteiger charge is -2.00. The van der Waals surface area contributed by atoms with Gasteiger partial charge in [0, 0.05) is 18.8 Å². The van der Waals surface area contributed by atoms with Crippen LogP contribution in [0.25, 0.3) is 0 Å². The Labute approximate surface area is 84.4 Å². The van der Waals surface area contributed by atoms with Gasteiger partial charge in [-0.05, 0) is 12.0 Å². The topological polar surface area (TPSA) is 50.7 Å². The predicted molar refractivity (Wildman–Crippen MR) is 61.0 cm³/mol. The van der Waals surface area contributed by atoms with Gasteiger partial charge < -0.3 is 5.84 Å². The molecule has 0 spiro atoms. The number of nitrogens with two attached hydrogens (primary N) is 1. The average molecular weight is 189 g/mol. The van der Waals surface area contributed by atoms with Gasteiger partial charge in [0.15, 0.2) is 0 Å². The average Bonchev–Trinajstić information content (AvgIpc) is 2.26. The summed E-state index contributed by atoms with van der Waals surface area (Å²) >= 11 is 0. The second-order valence-electron chi connectivity index (χ2n) is 2.95. The van der Waals surface area contributed by atoms with Crippen molar-refractivity contribution >= 4 is 11.9 Å². The van der Waals surface area contributed by atoms with Crippen molar-refractivity contribution < 1.29 is 0 Å². The van der Waals surface area contributed by atoms with Crippen LogP contribution < -0.4 is 5.84 Å². The zero-order chi connectivity index (χ0) is 10.4. The lowest BCUT2D eigenvalue weighted by atomic mass is 10.1. The number of benzene rings is 1. The third kappa shape index (κ3) is 2.42. The Kier molecular flexibility index (Phi) is 3.85. The van der Waals surface area contributed by atoms with E-state index in [1.54, 1.807) is 13.3 Å². The lowest BCUT2D eigenvalue weighted by molar-refractivity contribution is 1.14. The van der Waals surface area contributed by atoms with Crippen molar-refractivity contribution in [2.75, 3.05) is 7.05 Å². The minimum atomic E-state index is 0.704. The summed E-state index contributed by atoms with van der Waals surface area (Å²) in [5.41, 5.74) is 3.00. The summed E-state index contributed by atoms with van der Waals surface area (Å²) in [6.45, 7) is 2.13. The number of nitrogens with zero attached hydrogens (tertiary/aromatic N) is 2. The van der Waals surface area contributed by atoms with Crippen molar-refractivity contribution in [1.82, 2.24) is 0 Å². The summed E-state index contributed by atoms with van der Waals surface area (Å²) in [4.78, 5) is 3.89. The first-order valence-corrected chi connectivity index (χ1v) is 4.61. The summed E-state index contributed by atoms with van der Waals surface area (Å²) in [7, 11) is 1.70. The number of hydrogen-bond acceptors (Lipinski definition) is 3. The zero-order valence-electron chi connectivity index (χ0n) is 8.57. The molecule has 0 aliphatic rings. The highest BCUT2D eigenvalue weighted by Crippen LogP contribution is 2.05. The maximum atomic E-state index is 5.26. The third-order valence-electron chi connectivity index (χ3n) is 2.05. The van der Waals surface area contributed by atoms with Crippen molar-refractivity contribution in [3.8, 4) is 0 Å². The molecule has 1 aromatic carbocycles. The summed E-state index contributed by atoms with van der Waals surface area (Å²) in [6.07, 6.45) is 2.69. The third-order valence-corrected chi connectivity index (χ3v) is 2.05. The zero-order valence-corrected chi connectivity index (χ0v) is 8.57. The maximum absolute atomic E-state index is 5.26. The molecular weight excluding hydrogens is 174 g/mol. The van der Waals surface area contributed by atoms with Crippen LogP contribution in [-0.2, 0) is 6.42 Å². The molecule has 2 N–H and O–H groups in total. The monoisotopic (exact) mass is 189 g/mol. The van der Waals surface area contributed by atoms with Crippen molar-refractivity contribution in [3.63, 3.8) is 0 Å². The highest BCUT2D eigenvalue weighted by Gasteiger charge is 1.99. The summed E-state index contributed by atoms with van der Waals surface area (Å²) in [6, 6.07) is 8.16. The molecule has 0 aliphatic heterocycles. The Hall–Kier alpha value is -1.64. The van der Waals surface area contributed by atoms with Gasteiger partial charge in [-0.25, -0.2) is 0 Å². The second kappa shape index (κ2) is 5.17. The van der Waals surface area contributed by atoms with E-state index < -0.39 is 0 Å². The van der Waals surface area contributed by atoms with E-state index in [0.717, 1.165) is 12.0 Å². The van der Waals surface area contributed by atoms with Crippen LogP contribution in [0, 0.1) is 0 Å². The van der Waals surface area contributed by atoms with Crippen molar-refractivity contribution in [1.29, 1.82) is 0 Å². The Morgan fingerprint density at radius 2 is 2.00 bits per heavy atom. The highest BCUT2D eigenvalue weighted by molar-refractivity contribution is 6.38. The van der Waals surface area contributed by atoms with Crippen LogP contribution in [-0.4, -0.2) is 19.0 Å². The van der Waals surface area contributed by atoms with E-state index in [1.807, 2.05) is 12.1 Å². The molecule has 0 amide bonds. The van der Waals surface area contributed by atoms with E-state index in [-0.39, 0.29) is 0 Å². The van der Waals surface area contributed by atoms with Crippen LogP contribution in [0.5, 0.6) is 0 Å². The Morgan fingerprint density at radius 1 is 1.36 bits per heavy atom. The van der Waals surface area contributed by atoms with Crippen molar-refractivity contribution in [2.24, 2.45) is 15.9 Å². The van der Waals surface area contributed by atoms with Gasteiger partial charge in [0.25, 0.3) is 0 Å². The molecule has 0 fully saturated rings. The predicted octanol–water partition coefficient (Wildman–Crippen LogP) is 1.61. The van der Waals surface area contributed by atoms with Gasteiger partial charge in [-0.2, -0.15) is 5.10 Å². The van der Waals surface area contributed by atoms with E-state index >= 15 is 0 Å². The smallest absolute Gasteiger partial charge is 0.108 e. The Bertz CT molecular complexity index is 336. The van der Waals surface area contributed by atoms with E-state index in [0.29, 0.717) is 5.71 Å². The molecule has 0 saturated carbocycles. The lowest BCUT2D eigenvalue weighted by Crippen LogP contribution is -2.05. The van der Waals surface area contributed by atoms with Gasteiger partial charge in [0.1, 0.15) is 5.71 Å². The quantitative estimate of drug-likeness (QED) is 0.438. The first-order chi connectivity index (χ1) is 6.81. The number of aryl methyl sites for hydroxylation is 1. The molecule has 14 heavy (non-hydrogen) atoms. The summed E-state index contributed by atoms with van der Waals surface area (Å²) in [5.74, 6) is 5.26. The van der Waals surface area contributed by atoms with E-state index in [4.69, 9.17) is 5.84 Å². The van der Waals surface area contributed by atoms with Crippen LogP contribution in [0.1, 0.15) is 18.1 Å². The molecule has 1 aromatic rings. The normalized spacial score (nSPS) is 12.3. The number of aliphatic imine (C=N–C) groups is 1. The fourth-order valence-electron chi connectivity index (χ4n) is 1.22.